The molecule has 1 aromatic carbocycles. The molecular weight excluding hydrogens is 306 g/mol. The maximum Gasteiger partial charge on any atom is 0.336 e. The van der Waals surface area contributed by atoms with Crippen LogP contribution in [-0.2, 0) is 4.74 Å². The van der Waals surface area contributed by atoms with Crippen LogP contribution in [-0.4, -0.2) is 57.7 Å². The fraction of sp³-hybridized carbons (Fsp3) is 0.400. The van der Waals surface area contributed by atoms with Crippen molar-refractivity contribution in [3.05, 3.63) is 40.8 Å². The lowest BCUT2D eigenvalue weighted by molar-refractivity contribution is -0.278. The van der Waals surface area contributed by atoms with Crippen LogP contribution in [0.5, 0.6) is 0 Å². The first-order valence-electron chi connectivity index (χ1n) is 7.11. The van der Waals surface area contributed by atoms with Crippen molar-refractivity contribution in [1.82, 2.24) is 0 Å². The predicted octanol–water partition coefficient (Wildman–Crippen LogP) is -0.995. The maximum atomic E-state index is 11.2. The lowest BCUT2D eigenvalue weighted by atomic mass is 9.99. The summed E-state index contributed by atoms with van der Waals surface area (Å²) in [7, 11) is 0. The van der Waals surface area contributed by atoms with E-state index in [2.05, 4.69) is 5.32 Å². The van der Waals surface area contributed by atoms with E-state index >= 15 is 0 Å². The Hall–Kier alpha value is -1.97. The first-order valence-corrected chi connectivity index (χ1v) is 7.11. The van der Waals surface area contributed by atoms with E-state index in [0.29, 0.717) is 11.3 Å². The summed E-state index contributed by atoms with van der Waals surface area (Å²) in [6.07, 6.45) is -6.90. The van der Waals surface area contributed by atoms with Gasteiger partial charge in [0.2, 0.25) is 0 Å². The van der Waals surface area contributed by atoms with Gasteiger partial charge in [0.25, 0.3) is 0 Å². The molecule has 2 heterocycles. The summed E-state index contributed by atoms with van der Waals surface area (Å²) in [5.74, 6) is 0. The van der Waals surface area contributed by atoms with Gasteiger partial charge in [-0.1, -0.05) is 0 Å². The number of nitrogens with one attached hydrogen (secondary N) is 1. The third-order valence-electron chi connectivity index (χ3n) is 3.82. The molecule has 0 amide bonds. The first kappa shape index (κ1) is 15.9. The van der Waals surface area contributed by atoms with Gasteiger partial charge in [-0.3, -0.25) is 0 Å². The van der Waals surface area contributed by atoms with Crippen molar-refractivity contribution in [2.45, 2.75) is 30.7 Å². The Labute approximate surface area is 130 Å². The van der Waals surface area contributed by atoms with E-state index in [-0.39, 0.29) is 6.54 Å². The summed E-state index contributed by atoms with van der Waals surface area (Å²) in [4.78, 5) is 11.2. The second kappa shape index (κ2) is 6.26. The second-order valence-corrected chi connectivity index (χ2v) is 5.42. The van der Waals surface area contributed by atoms with E-state index in [4.69, 9.17) is 9.15 Å². The van der Waals surface area contributed by atoms with Crippen LogP contribution >= 0.6 is 0 Å². The molecule has 5 N–H and O–H groups in total. The zero-order chi connectivity index (χ0) is 16.6. The monoisotopic (exact) mass is 323 g/mol. The standard InChI is InChI=1S/C15H17NO7/c17-11-4-2-7-1-3-8(5-9(7)22-11)16-6-10-12(18)13(19)14(20)15(21)23-10/h1-5,10,12-16,18-21H,6H2/t10?,12-,13?,14?,15+/m0/s1. The van der Waals surface area contributed by atoms with E-state index in [1.165, 1.54) is 6.07 Å². The van der Waals surface area contributed by atoms with E-state index < -0.39 is 36.3 Å². The van der Waals surface area contributed by atoms with Crippen molar-refractivity contribution in [2.75, 3.05) is 11.9 Å². The van der Waals surface area contributed by atoms with Gasteiger partial charge in [-0.05, 0) is 18.2 Å². The molecule has 5 atom stereocenters. The number of fused-ring (bicyclic) bond motifs is 1. The Kier molecular flexibility index (Phi) is 4.33. The van der Waals surface area contributed by atoms with Crippen LogP contribution in [0, 0.1) is 0 Å². The van der Waals surface area contributed by atoms with Gasteiger partial charge in [0.05, 0.1) is 0 Å². The van der Waals surface area contributed by atoms with Crippen molar-refractivity contribution in [3.63, 3.8) is 0 Å². The van der Waals surface area contributed by atoms with Gasteiger partial charge in [0.15, 0.2) is 6.29 Å². The number of hydrogen-bond acceptors (Lipinski definition) is 8. The molecule has 3 rings (SSSR count). The summed E-state index contributed by atoms with van der Waals surface area (Å²) >= 11 is 0. The SMILES string of the molecule is O=c1ccc2ccc(NCC3O[C@@H](O)C(O)C(O)[C@H]3O)cc2o1. The highest BCUT2D eigenvalue weighted by Crippen LogP contribution is 2.22. The molecule has 1 aliphatic heterocycles. The van der Waals surface area contributed by atoms with Crippen molar-refractivity contribution in [3.8, 4) is 0 Å². The Bertz CT molecular complexity index is 746. The number of ether oxygens (including phenoxy) is 1. The summed E-state index contributed by atoms with van der Waals surface area (Å²) in [6.45, 7) is 0.0740. The molecule has 2 aromatic rings. The molecule has 124 valence electrons. The van der Waals surface area contributed by atoms with Gasteiger partial charge in [-0.2, -0.15) is 0 Å². The molecule has 8 heteroatoms. The van der Waals surface area contributed by atoms with Crippen LogP contribution in [0.4, 0.5) is 5.69 Å². The highest BCUT2D eigenvalue weighted by molar-refractivity contribution is 5.80. The average Bonchev–Trinajstić information content (AvgIpc) is 2.54. The minimum atomic E-state index is -1.57. The van der Waals surface area contributed by atoms with Crippen LogP contribution in [0.2, 0.25) is 0 Å². The summed E-state index contributed by atoms with van der Waals surface area (Å²) in [6, 6.07) is 8.10. The quantitative estimate of drug-likeness (QED) is 0.455. The molecule has 1 fully saturated rings. The highest BCUT2D eigenvalue weighted by atomic mass is 16.6. The molecule has 8 nitrogen and oxygen atoms in total. The first-order chi connectivity index (χ1) is 11.0. The molecule has 0 bridgehead atoms. The minimum Gasteiger partial charge on any atom is -0.423 e. The maximum absolute atomic E-state index is 11.2. The third kappa shape index (κ3) is 3.21. The Balaban J connectivity index is 1.71. The second-order valence-electron chi connectivity index (χ2n) is 5.42. The van der Waals surface area contributed by atoms with Crippen LogP contribution in [0.25, 0.3) is 11.0 Å². The van der Waals surface area contributed by atoms with Crippen molar-refractivity contribution in [2.24, 2.45) is 0 Å². The van der Waals surface area contributed by atoms with Gasteiger partial charge in [-0.25, -0.2) is 4.79 Å². The predicted molar refractivity (Wildman–Crippen MR) is 79.9 cm³/mol. The smallest absolute Gasteiger partial charge is 0.336 e. The van der Waals surface area contributed by atoms with Crippen molar-refractivity contribution < 1.29 is 29.6 Å². The topological polar surface area (TPSA) is 132 Å². The van der Waals surface area contributed by atoms with Gasteiger partial charge in [0, 0.05) is 29.8 Å². The molecule has 1 aromatic heterocycles. The van der Waals surface area contributed by atoms with Gasteiger partial charge in [0.1, 0.15) is 30.0 Å². The van der Waals surface area contributed by atoms with E-state index in [1.54, 1.807) is 24.3 Å². The highest BCUT2D eigenvalue weighted by Gasteiger charge is 2.42. The molecule has 1 aliphatic rings. The van der Waals surface area contributed by atoms with Crippen LogP contribution in [0.15, 0.2) is 39.5 Å². The Morgan fingerprint density at radius 1 is 1.00 bits per heavy atom. The zero-order valence-electron chi connectivity index (χ0n) is 12.0. The molecule has 0 radical (unpaired) electrons. The molecule has 0 aliphatic carbocycles. The third-order valence-corrected chi connectivity index (χ3v) is 3.82. The van der Waals surface area contributed by atoms with Gasteiger partial charge >= 0.3 is 5.63 Å². The van der Waals surface area contributed by atoms with Gasteiger partial charge in [-0.15, -0.1) is 0 Å². The van der Waals surface area contributed by atoms with E-state index in [1.807, 2.05) is 0 Å². The minimum absolute atomic E-state index is 0.0740. The molecule has 23 heavy (non-hydrogen) atoms. The molecular formula is C15H17NO7. The normalized spacial score (nSPS) is 31.2. The number of aliphatic hydroxyl groups excluding tert-OH is 4. The molecule has 1 saturated heterocycles. The lowest BCUT2D eigenvalue weighted by Crippen LogP contribution is -2.59. The van der Waals surface area contributed by atoms with E-state index in [0.717, 1.165) is 5.39 Å². The summed E-state index contributed by atoms with van der Waals surface area (Å²) < 4.78 is 10.1. The Morgan fingerprint density at radius 2 is 1.74 bits per heavy atom. The fourth-order valence-corrected chi connectivity index (χ4v) is 2.49. The Morgan fingerprint density at radius 3 is 2.52 bits per heavy atom. The lowest BCUT2D eigenvalue weighted by Gasteiger charge is -2.38. The molecule has 0 spiro atoms. The largest absolute Gasteiger partial charge is 0.423 e. The zero-order valence-corrected chi connectivity index (χ0v) is 12.0. The number of hydrogen-bond donors (Lipinski definition) is 5. The van der Waals surface area contributed by atoms with Crippen LogP contribution in [0.1, 0.15) is 0 Å². The number of rotatable bonds is 3. The van der Waals surface area contributed by atoms with E-state index in [9.17, 15) is 25.2 Å². The van der Waals surface area contributed by atoms with Crippen molar-refractivity contribution in [1.29, 1.82) is 0 Å². The fourth-order valence-electron chi connectivity index (χ4n) is 2.49. The van der Waals surface area contributed by atoms with Crippen molar-refractivity contribution >= 4 is 16.7 Å². The van der Waals surface area contributed by atoms with Crippen LogP contribution in [0.3, 0.4) is 0 Å². The number of benzene rings is 1. The summed E-state index contributed by atoms with van der Waals surface area (Å²) in [5, 5.41) is 42.1. The number of anilines is 1. The van der Waals surface area contributed by atoms with Gasteiger partial charge < -0.3 is 34.9 Å². The van der Waals surface area contributed by atoms with Crippen LogP contribution < -0.4 is 10.9 Å². The molecule has 0 saturated carbocycles. The summed E-state index contributed by atoms with van der Waals surface area (Å²) in [5.41, 5.74) is 0.557. The molecule has 3 unspecified atom stereocenters. The number of aliphatic hydroxyl groups is 4. The average molecular weight is 323 g/mol.